The summed E-state index contributed by atoms with van der Waals surface area (Å²) in [5.41, 5.74) is 0. The summed E-state index contributed by atoms with van der Waals surface area (Å²) >= 11 is 0. The molecule has 2 aliphatic carbocycles. The van der Waals surface area contributed by atoms with Crippen LogP contribution in [-0.2, 0) is 4.79 Å². The standard InChI is InChI=1S/C12H17F3N2O3/c1-17(5-12(13,14)15)11(20)16-9-7-3-2-6(4-7)8(9)10(18)19/h6-9H,2-5H2,1H3,(H,16,20)(H,18,19)/t6-,7+,8+,9-/m0/s1. The van der Waals surface area contributed by atoms with Crippen molar-refractivity contribution in [2.24, 2.45) is 17.8 Å². The molecule has 0 aliphatic heterocycles. The van der Waals surface area contributed by atoms with Crippen LogP contribution in [0.25, 0.3) is 0 Å². The molecular formula is C12H17F3N2O3. The Kier molecular flexibility index (Phi) is 3.84. The van der Waals surface area contributed by atoms with Crippen molar-refractivity contribution in [1.82, 2.24) is 10.2 Å². The van der Waals surface area contributed by atoms with E-state index in [0.717, 1.165) is 26.3 Å². The lowest BCUT2D eigenvalue weighted by molar-refractivity contribution is -0.145. The number of rotatable bonds is 3. The first kappa shape index (κ1) is 14.9. The molecule has 0 aromatic carbocycles. The molecule has 20 heavy (non-hydrogen) atoms. The van der Waals surface area contributed by atoms with E-state index in [9.17, 15) is 27.9 Å². The van der Waals surface area contributed by atoms with Gasteiger partial charge in [-0.2, -0.15) is 13.2 Å². The number of carbonyl (C=O) groups is 2. The van der Waals surface area contributed by atoms with E-state index < -0.39 is 36.7 Å². The molecule has 0 radical (unpaired) electrons. The van der Waals surface area contributed by atoms with E-state index in [1.165, 1.54) is 0 Å². The number of hydrogen-bond acceptors (Lipinski definition) is 2. The van der Waals surface area contributed by atoms with Gasteiger partial charge in [-0.3, -0.25) is 4.79 Å². The number of nitrogens with zero attached hydrogens (tertiary/aromatic N) is 1. The van der Waals surface area contributed by atoms with Gasteiger partial charge in [0.2, 0.25) is 0 Å². The SMILES string of the molecule is CN(CC(F)(F)F)C(=O)N[C@H]1[C@@H]2CC[C@@H](C2)[C@H]1C(=O)O. The molecule has 0 aromatic rings. The van der Waals surface area contributed by atoms with Crippen molar-refractivity contribution >= 4 is 12.0 Å². The fraction of sp³-hybridized carbons (Fsp3) is 0.833. The Morgan fingerprint density at radius 2 is 1.90 bits per heavy atom. The van der Waals surface area contributed by atoms with E-state index in [0.29, 0.717) is 4.90 Å². The van der Waals surface area contributed by atoms with E-state index in [-0.39, 0.29) is 11.8 Å². The lowest BCUT2D eigenvalue weighted by Gasteiger charge is -2.30. The van der Waals surface area contributed by atoms with Crippen molar-refractivity contribution in [3.63, 3.8) is 0 Å². The average Bonchev–Trinajstić information content (AvgIpc) is 2.86. The number of alkyl halides is 3. The molecule has 2 N–H and O–H groups in total. The van der Waals surface area contributed by atoms with Gasteiger partial charge in [0.15, 0.2) is 0 Å². The predicted octanol–water partition coefficient (Wildman–Crippen LogP) is 1.69. The van der Waals surface area contributed by atoms with Gasteiger partial charge < -0.3 is 15.3 Å². The number of amides is 2. The maximum atomic E-state index is 12.2. The van der Waals surface area contributed by atoms with Crippen LogP contribution in [0.2, 0.25) is 0 Å². The second kappa shape index (κ2) is 5.14. The summed E-state index contributed by atoms with van der Waals surface area (Å²) in [4.78, 5) is 23.5. The fourth-order valence-electron chi connectivity index (χ4n) is 3.45. The molecule has 0 aromatic heterocycles. The molecule has 4 atom stereocenters. The van der Waals surface area contributed by atoms with Gasteiger partial charge in [-0.1, -0.05) is 0 Å². The number of fused-ring (bicyclic) bond motifs is 2. The quantitative estimate of drug-likeness (QED) is 0.832. The second-order valence-electron chi connectivity index (χ2n) is 5.64. The summed E-state index contributed by atoms with van der Waals surface area (Å²) in [6, 6.07) is -1.43. The van der Waals surface area contributed by atoms with Crippen molar-refractivity contribution in [2.45, 2.75) is 31.5 Å². The highest BCUT2D eigenvalue weighted by molar-refractivity contribution is 5.77. The predicted molar refractivity (Wildman–Crippen MR) is 63.0 cm³/mol. The summed E-state index contributed by atoms with van der Waals surface area (Å²) < 4.78 is 36.7. The first-order chi connectivity index (χ1) is 9.19. The highest BCUT2D eigenvalue weighted by Gasteiger charge is 2.51. The molecule has 114 valence electrons. The minimum Gasteiger partial charge on any atom is -0.481 e. The first-order valence-corrected chi connectivity index (χ1v) is 6.50. The van der Waals surface area contributed by atoms with E-state index in [4.69, 9.17) is 0 Å². The molecular weight excluding hydrogens is 277 g/mol. The molecule has 2 amide bonds. The largest absolute Gasteiger partial charge is 0.481 e. The molecule has 2 bridgehead atoms. The Hall–Kier alpha value is -1.47. The lowest BCUT2D eigenvalue weighted by Crippen LogP contribution is -2.51. The van der Waals surface area contributed by atoms with E-state index in [1.54, 1.807) is 0 Å². The minimum atomic E-state index is -4.47. The van der Waals surface area contributed by atoms with Crippen molar-refractivity contribution in [1.29, 1.82) is 0 Å². The maximum Gasteiger partial charge on any atom is 0.406 e. The van der Waals surface area contributed by atoms with Gasteiger partial charge >= 0.3 is 18.2 Å². The Morgan fingerprint density at radius 1 is 1.30 bits per heavy atom. The molecule has 8 heteroatoms. The van der Waals surface area contributed by atoms with Crippen molar-refractivity contribution in [2.75, 3.05) is 13.6 Å². The average molecular weight is 294 g/mol. The molecule has 2 saturated carbocycles. The van der Waals surface area contributed by atoms with Gasteiger partial charge in [0, 0.05) is 13.1 Å². The van der Waals surface area contributed by atoms with Crippen molar-refractivity contribution in [3.8, 4) is 0 Å². The van der Waals surface area contributed by atoms with Crippen LogP contribution in [0, 0.1) is 17.8 Å². The number of halogens is 3. The van der Waals surface area contributed by atoms with E-state index >= 15 is 0 Å². The third kappa shape index (κ3) is 2.99. The van der Waals surface area contributed by atoms with Crippen LogP contribution >= 0.6 is 0 Å². The van der Waals surface area contributed by atoms with Crippen LogP contribution in [0.1, 0.15) is 19.3 Å². The number of carbonyl (C=O) groups excluding carboxylic acids is 1. The van der Waals surface area contributed by atoms with Crippen LogP contribution < -0.4 is 5.32 Å². The van der Waals surface area contributed by atoms with Crippen LogP contribution in [0.5, 0.6) is 0 Å². The van der Waals surface area contributed by atoms with Gasteiger partial charge in [-0.15, -0.1) is 0 Å². The highest BCUT2D eigenvalue weighted by atomic mass is 19.4. The topological polar surface area (TPSA) is 69.6 Å². The number of aliphatic carboxylic acids is 1. The number of hydrogen-bond donors (Lipinski definition) is 2. The zero-order valence-electron chi connectivity index (χ0n) is 11.0. The molecule has 2 rings (SSSR count). The van der Waals surface area contributed by atoms with Crippen LogP contribution in [0.3, 0.4) is 0 Å². The monoisotopic (exact) mass is 294 g/mol. The first-order valence-electron chi connectivity index (χ1n) is 6.50. The Balaban J connectivity index is 1.98. The molecule has 0 saturated heterocycles. The summed E-state index contributed by atoms with van der Waals surface area (Å²) in [7, 11) is 1.05. The Labute approximate surface area is 114 Å². The molecule has 5 nitrogen and oxygen atoms in total. The Bertz CT molecular complexity index is 413. The van der Waals surface area contributed by atoms with Gasteiger partial charge in [0.25, 0.3) is 0 Å². The molecule has 0 unspecified atom stereocenters. The van der Waals surface area contributed by atoms with Crippen molar-refractivity contribution in [3.05, 3.63) is 0 Å². The minimum absolute atomic E-state index is 0.0238. The molecule has 0 spiro atoms. The van der Waals surface area contributed by atoms with E-state index in [2.05, 4.69) is 5.32 Å². The normalized spacial score (nSPS) is 32.2. The van der Waals surface area contributed by atoms with Crippen LogP contribution in [0.4, 0.5) is 18.0 Å². The highest BCUT2D eigenvalue weighted by Crippen LogP contribution is 2.48. The summed E-state index contributed by atoms with van der Waals surface area (Å²) in [6.45, 7) is -1.35. The van der Waals surface area contributed by atoms with Crippen LogP contribution in [-0.4, -0.2) is 47.8 Å². The second-order valence-corrected chi connectivity index (χ2v) is 5.64. The van der Waals surface area contributed by atoms with Crippen molar-refractivity contribution < 1.29 is 27.9 Å². The summed E-state index contributed by atoms with van der Waals surface area (Å²) in [6.07, 6.45) is -2.10. The number of carboxylic acid groups (broad SMARTS) is 1. The molecule has 0 heterocycles. The van der Waals surface area contributed by atoms with E-state index in [1.807, 2.05) is 0 Å². The number of carboxylic acids is 1. The third-order valence-corrected chi connectivity index (χ3v) is 4.25. The Morgan fingerprint density at radius 3 is 2.45 bits per heavy atom. The van der Waals surface area contributed by atoms with Gasteiger partial charge in [-0.25, -0.2) is 4.79 Å². The zero-order chi connectivity index (χ0) is 15.1. The molecule has 2 fully saturated rings. The number of urea groups is 1. The van der Waals surface area contributed by atoms with Gasteiger partial charge in [-0.05, 0) is 31.1 Å². The summed E-state index contributed by atoms with van der Waals surface area (Å²) in [5, 5.41) is 11.7. The smallest absolute Gasteiger partial charge is 0.406 e. The lowest BCUT2D eigenvalue weighted by atomic mass is 9.84. The molecule has 2 aliphatic rings. The third-order valence-electron chi connectivity index (χ3n) is 4.25. The maximum absolute atomic E-state index is 12.2. The zero-order valence-corrected chi connectivity index (χ0v) is 11.0. The summed E-state index contributed by atoms with van der Waals surface area (Å²) in [5.74, 6) is -1.59. The van der Waals surface area contributed by atoms with Crippen LogP contribution in [0.15, 0.2) is 0 Å². The number of nitrogens with one attached hydrogen (secondary N) is 1. The van der Waals surface area contributed by atoms with Gasteiger partial charge in [0.1, 0.15) is 6.54 Å². The fourth-order valence-corrected chi connectivity index (χ4v) is 3.45. The van der Waals surface area contributed by atoms with Gasteiger partial charge in [0.05, 0.1) is 5.92 Å².